The van der Waals surface area contributed by atoms with E-state index in [4.69, 9.17) is 9.47 Å². The van der Waals surface area contributed by atoms with Gasteiger partial charge in [-0.05, 0) is 71.6 Å². The van der Waals surface area contributed by atoms with Gasteiger partial charge in [-0.1, -0.05) is 111 Å². The molecular weight excluding hydrogens is 736 g/mol. The predicted octanol–water partition coefficient (Wildman–Crippen LogP) is 7.83. The average molecular weight is 769 g/mol. The summed E-state index contributed by atoms with van der Waals surface area (Å²) >= 11 is 6.95. The van der Waals surface area contributed by atoms with Crippen LogP contribution in [0.25, 0.3) is 0 Å². The quantitative estimate of drug-likeness (QED) is 0.0684. The molecular formula is C38H32Br2N4O4. The van der Waals surface area contributed by atoms with Gasteiger partial charge in [-0.2, -0.15) is 10.2 Å². The highest BCUT2D eigenvalue weighted by molar-refractivity contribution is 9.10. The molecule has 0 aliphatic carbocycles. The van der Waals surface area contributed by atoms with Gasteiger partial charge >= 0.3 is 0 Å². The van der Waals surface area contributed by atoms with Crippen LogP contribution in [0.5, 0.6) is 11.5 Å². The normalized spacial score (nSPS) is 11.7. The topological polar surface area (TPSA) is 101 Å². The van der Waals surface area contributed by atoms with Crippen LogP contribution in [0, 0.1) is 5.92 Å². The minimum atomic E-state index is -1.10. The molecule has 8 nitrogen and oxygen atoms in total. The minimum absolute atomic E-state index is 0.155. The van der Waals surface area contributed by atoms with Crippen LogP contribution in [0.2, 0.25) is 0 Å². The molecule has 0 saturated carbocycles. The van der Waals surface area contributed by atoms with Crippen molar-refractivity contribution in [3.05, 3.63) is 164 Å². The summed E-state index contributed by atoms with van der Waals surface area (Å²) in [5.41, 5.74) is 9.21. The smallest absolute Gasteiger partial charge is 0.253 e. The van der Waals surface area contributed by atoms with Crippen molar-refractivity contribution in [3.63, 3.8) is 0 Å². The Kier molecular flexibility index (Phi) is 12.7. The van der Waals surface area contributed by atoms with Gasteiger partial charge in [0.05, 0.1) is 12.4 Å². The van der Waals surface area contributed by atoms with Gasteiger partial charge in [0.1, 0.15) is 30.6 Å². The first-order valence-electron chi connectivity index (χ1n) is 15.1. The van der Waals surface area contributed by atoms with Gasteiger partial charge in [-0.15, -0.1) is 0 Å². The van der Waals surface area contributed by atoms with Gasteiger partial charge in [0.15, 0.2) is 0 Å². The Morgan fingerprint density at radius 2 is 1.02 bits per heavy atom. The van der Waals surface area contributed by atoms with E-state index in [-0.39, 0.29) is 6.42 Å². The number of carbonyl (C=O) groups is 2. The van der Waals surface area contributed by atoms with E-state index in [9.17, 15) is 9.59 Å². The van der Waals surface area contributed by atoms with E-state index >= 15 is 0 Å². The number of rotatable bonds is 14. The molecule has 0 bridgehead atoms. The molecule has 0 radical (unpaired) electrons. The third kappa shape index (κ3) is 10.5. The van der Waals surface area contributed by atoms with Crippen LogP contribution in [-0.4, -0.2) is 24.2 Å². The van der Waals surface area contributed by atoms with Crippen molar-refractivity contribution in [2.24, 2.45) is 16.1 Å². The number of nitrogens with zero attached hydrogens (tertiary/aromatic N) is 2. The summed E-state index contributed by atoms with van der Waals surface area (Å²) < 4.78 is 14.0. The zero-order valence-electron chi connectivity index (χ0n) is 25.8. The molecule has 0 aliphatic heterocycles. The van der Waals surface area contributed by atoms with Gasteiger partial charge < -0.3 is 9.47 Å². The van der Waals surface area contributed by atoms with Crippen LogP contribution in [0.3, 0.4) is 0 Å². The van der Waals surface area contributed by atoms with E-state index in [2.05, 4.69) is 52.9 Å². The number of para-hydroxylation sites is 2. The highest BCUT2D eigenvalue weighted by Gasteiger charge is 2.27. The Hall–Kier alpha value is -5.06. The van der Waals surface area contributed by atoms with Crippen LogP contribution < -0.4 is 20.3 Å². The van der Waals surface area contributed by atoms with Crippen molar-refractivity contribution < 1.29 is 19.1 Å². The molecule has 0 atom stereocenters. The van der Waals surface area contributed by atoms with E-state index in [1.54, 1.807) is 0 Å². The van der Waals surface area contributed by atoms with Crippen molar-refractivity contribution in [3.8, 4) is 11.5 Å². The Morgan fingerprint density at radius 3 is 1.50 bits per heavy atom. The SMILES string of the molecule is O=C(NN=Cc1ccccc1OCc1cccc(Br)c1)C(Cc1ccccc1)C(=O)NN=Cc1ccccc1OCc1cccc(Br)c1. The molecule has 48 heavy (non-hydrogen) atoms. The maximum atomic E-state index is 13.3. The highest BCUT2D eigenvalue weighted by Crippen LogP contribution is 2.21. The van der Waals surface area contributed by atoms with Crippen molar-refractivity contribution in [1.82, 2.24) is 10.9 Å². The summed E-state index contributed by atoms with van der Waals surface area (Å²) in [5.74, 6) is -1.05. The number of carbonyl (C=O) groups excluding carboxylic acids is 2. The Balaban J connectivity index is 1.23. The summed E-state index contributed by atoms with van der Waals surface area (Å²) in [7, 11) is 0. The van der Waals surface area contributed by atoms with E-state index in [0.717, 1.165) is 25.6 Å². The summed E-state index contributed by atoms with van der Waals surface area (Å²) in [6.07, 6.45) is 3.14. The summed E-state index contributed by atoms with van der Waals surface area (Å²) in [6, 6.07) is 39.7. The lowest BCUT2D eigenvalue weighted by molar-refractivity contribution is -0.135. The molecule has 0 spiro atoms. The standard InChI is InChI=1S/C38H32Br2N4O4/c39-32-16-8-12-28(20-32)25-47-35-18-6-4-14-30(35)23-41-43-37(45)34(22-27-10-2-1-3-11-27)38(46)44-42-24-31-15-5-7-19-36(31)48-26-29-13-9-17-33(40)21-29/h1-21,23-24,34H,22,25-26H2,(H,43,45)(H,44,46). The lowest BCUT2D eigenvalue weighted by atomic mass is 9.98. The number of hydrazone groups is 2. The van der Waals surface area contributed by atoms with Gasteiger partial charge in [0, 0.05) is 20.1 Å². The molecule has 5 aromatic carbocycles. The lowest BCUT2D eigenvalue weighted by Crippen LogP contribution is -2.39. The largest absolute Gasteiger partial charge is 0.488 e. The molecule has 2 N–H and O–H groups in total. The number of hydrogen-bond donors (Lipinski definition) is 2. The van der Waals surface area contributed by atoms with Gasteiger partial charge in [0.25, 0.3) is 11.8 Å². The molecule has 0 aromatic heterocycles. The third-order valence-corrected chi connectivity index (χ3v) is 8.06. The Bertz CT molecular complexity index is 1780. The molecule has 5 aromatic rings. The molecule has 0 fully saturated rings. The van der Waals surface area contributed by atoms with Crippen molar-refractivity contribution >= 4 is 56.1 Å². The molecule has 242 valence electrons. The second-order valence-corrected chi connectivity index (χ2v) is 12.5. The molecule has 2 amide bonds. The fourth-order valence-corrected chi connectivity index (χ4v) is 5.55. The number of benzene rings is 5. The zero-order chi connectivity index (χ0) is 33.6. The first-order chi connectivity index (χ1) is 23.4. The number of nitrogens with one attached hydrogen (secondary N) is 2. The highest BCUT2D eigenvalue weighted by atomic mass is 79.9. The van der Waals surface area contributed by atoms with Crippen LogP contribution >= 0.6 is 31.9 Å². The van der Waals surface area contributed by atoms with E-state index in [0.29, 0.717) is 35.8 Å². The maximum absolute atomic E-state index is 13.3. The first kappa shape index (κ1) is 34.3. The van der Waals surface area contributed by atoms with Crippen LogP contribution in [0.1, 0.15) is 27.8 Å². The van der Waals surface area contributed by atoms with E-state index in [1.807, 2.05) is 127 Å². The summed E-state index contributed by atoms with van der Waals surface area (Å²) in [5, 5.41) is 8.31. The average Bonchev–Trinajstić information content (AvgIpc) is 3.10. The zero-order valence-corrected chi connectivity index (χ0v) is 28.9. The fourth-order valence-electron chi connectivity index (χ4n) is 4.65. The fraction of sp³-hybridized carbons (Fsp3) is 0.105. The number of amides is 2. The lowest BCUT2D eigenvalue weighted by Gasteiger charge is -2.14. The summed E-state index contributed by atoms with van der Waals surface area (Å²) in [4.78, 5) is 26.7. The third-order valence-electron chi connectivity index (χ3n) is 7.08. The Morgan fingerprint density at radius 1 is 0.583 bits per heavy atom. The monoisotopic (exact) mass is 766 g/mol. The van der Waals surface area contributed by atoms with Gasteiger partial charge in [0.2, 0.25) is 0 Å². The number of halogens is 2. The maximum Gasteiger partial charge on any atom is 0.253 e. The van der Waals surface area contributed by atoms with Crippen molar-refractivity contribution in [1.29, 1.82) is 0 Å². The molecule has 0 heterocycles. The van der Waals surface area contributed by atoms with E-state index in [1.165, 1.54) is 12.4 Å². The molecule has 0 unspecified atom stereocenters. The van der Waals surface area contributed by atoms with Gasteiger partial charge in [-0.3, -0.25) is 9.59 Å². The van der Waals surface area contributed by atoms with Gasteiger partial charge in [-0.25, -0.2) is 10.9 Å². The van der Waals surface area contributed by atoms with Crippen LogP contribution in [0.15, 0.2) is 147 Å². The number of hydrogen-bond acceptors (Lipinski definition) is 6. The second-order valence-electron chi connectivity index (χ2n) is 10.6. The molecule has 0 aliphatic rings. The Labute approximate surface area is 296 Å². The van der Waals surface area contributed by atoms with Crippen LogP contribution in [-0.2, 0) is 29.2 Å². The molecule has 5 rings (SSSR count). The minimum Gasteiger partial charge on any atom is -0.488 e. The molecule has 0 saturated heterocycles. The first-order valence-corrected chi connectivity index (χ1v) is 16.7. The van der Waals surface area contributed by atoms with E-state index < -0.39 is 17.7 Å². The second kappa shape index (κ2) is 17.7. The predicted molar refractivity (Wildman–Crippen MR) is 195 cm³/mol. The molecule has 10 heteroatoms. The van der Waals surface area contributed by atoms with Crippen molar-refractivity contribution in [2.45, 2.75) is 19.6 Å². The summed E-state index contributed by atoms with van der Waals surface area (Å²) in [6.45, 7) is 0.718. The number of ether oxygens (including phenoxy) is 2. The van der Waals surface area contributed by atoms with Crippen LogP contribution in [0.4, 0.5) is 0 Å². The van der Waals surface area contributed by atoms with Crippen molar-refractivity contribution in [2.75, 3.05) is 0 Å².